The molecule has 0 aromatic heterocycles. The molecule has 0 spiro atoms. The fourth-order valence-electron chi connectivity index (χ4n) is 1.04. The van der Waals surface area contributed by atoms with Crippen molar-refractivity contribution in [3.63, 3.8) is 0 Å². The fourth-order valence-corrected chi connectivity index (χ4v) is 1.04. The molecule has 0 aliphatic heterocycles. The molecule has 0 fully saturated rings. The van der Waals surface area contributed by atoms with E-state index >= 15 is 0 Å². The number of ketones is 1. The van der Waals surface area contributed by atoms with E-state index in [1.807, 2.05) is 0 Å². The Kier molecular flexibility index (Phi) is 30.8. The third-order valence-electron chi connectivity index (χ3n) is 1.83. The summed E-state index contributed by atoms with van der Waals surface area (Å²) in [5.74, 6) is -0.501. The van der Waals surface area contributed by atoms with Crippen LogP contribution in [0.1, 0.15) is 57.3 Å². The van der Waals surface area contributed by atoms with Gasteiger partial charge in [0, 0.05) is 49.9 Å². The lowest BCUT2D eigenvalue weighted by Gasteiger charge is -2.03. The summed E-state index contributed by atoms with van der Waals surface area (Å²) < 4.78 is 9.33. The van der Waals surface area contributed by atoms with Crippen LogP contribution in [0, 0.1) is 0 Å². The molecule has 0 amide bonds. The van der Waals surface area contributed by atoms with Gasteiger partial charge in [-0.2, -0.15) is 0 Å². The molecule has 21 heavy (non-hydrogen) atoms. The van der Waals surface area contributed by atoms with Crippen LogP contribution < -0.4 is 0 Å². The van der Waals surface area contributed by atoms with Gasteiger partial charge in [0.25, 0.3) is 0 Å². The van der Waals surface area contributed by atoms with Gasteiger partial charge in [-0.1, -0.05) is 41.8 Å². The van der Waals surface area contributed by atoms with Gasteiger partial charge >= 0.3 is 5.97 Å². The number of carbonyl (C=O) groups excluding carboxylic acids is 2. The highest BCUT2D eigenvalue weighted by Gasteiger charge is 2.07. The molecule has 0 atom stereocenters. The number of esters is 1. The Labute approximate surface area is 153 Å². The molecule has 0 unspecified atom stereocenters. The largest absolute Gasteiger partial charge is 0.435 e. The second-order valence-electron chi connectivity index (χ2n) is 2.97. The molecule has 0 aliphatic carbocycles. The molecular formula is C15H28I2O4. The maximum absolute atomic E-state index is 11.3. The van der Waals surface area contributed by atoms with E-state index in [1.54, 1.807) is 24.3 Å². The van der Waals surface area contributed by atoms with Gasteiger partial charge in [-0.15, -0.1) is 0 Å². The molecule has 0 heterocycles. The average Bonchev–Trinajstić information content (AvgIpc) is 2.38. The second kappa shape index (κ2) is 19.8. The molecule has 1 aromatic rings. The molecule has 0 N–H and O–H groups in total. The van der Waals surface area contributed by atoms with Gasteiger partial charge in [-0.05, 0) is 19.1 Å². The Morgan fingerprint density at radius 3 is 1.67 bits per heavy atom. The van der Waals surface area contributed by atoms with Crippen LogP contribution in [-0.2, 0) is 9.47 Å². The van der Waals surface area contributed by atoms with Crippen LogP contribution in [0.15, 0.2) is 24.3 Å². The maximum Gasteiger partial charge on any atom is 0.340 e. The Balaban J connectivity index is -0.000000136. The summed E-state index contributed by atoms with van der Waals surface area (Å²) in [5, 5.41) is 0. The summed E-state index contributed by atoms with van der Waals surface area (Å²) >= 11 is 4.24. The number of Topliss-reactive ketones (excluding diaryl/α,β-unsaturated/α-hetero) is 1. The zero-order valence-corrected chi connectivity index (χ0v) is 13.7. The third kappa shape index (κ3) is 13.2. The van der Waals surface area contributed by atoms with Crippen LogP contribution in [0.25, 0.3) is 0 Å². The predicted molar refractivity (Wildman–Crippen MR) is 109 cm³/mol. The highest BCUT2D eigenvalue weighted by atomic mass is 128. The van der Waals surface area contributed by atoms with Crippen molar-refractivity contribution in [2.45, 2.75) is 36.6 Å². The predicted octanol–water partition coefficient (Wildman–Crippen LogP) is 5.97. The van der Waals surface area contributed by atoms with Gasteiger partial charge in [0.05, 0.1) is 5.56 Å². The first-order chi connectivity index (χ1) is 8.15. The molecular weight excluding hydrogens is 498 g/mol. The Morgan fingerprint density at radius 2 is 1.33 bits per heavy atom. The van der Waals surface area contributed by atoms with Crippen molar-refractivity contribution in [1.29, 1.82) is 0 Å². The number of methoxy groups -OCH3 is 1. The van der Waals surface area contributed by atoms with Crippen molar-refractivity contribution in [2.24, 2.45) is 0 Å². The van der Waals surface area contributed by atoms with E-state index < -0.39 is 5.97 Å². The zero-order chi connectivity index (χ0) is 13.3. The van der Waals surface area contributed by atoms with Gasteiger partial charge in [-0.3, -0.25) is 4.79 Å². The van der Waals surface area contributed by atoms with Gasteiger partial charge in [0.15, 0.2) is 12.6 Å². The average molecular weight is 526 g/mol. The van der Waals surface area contributed by atoms with Crippen LogP contribution >= 0.6 is 37.2 Å². The Morgan fingerprint density at radius 1 is 0.952 bits per heavy atom. The van der Waals surface area contributed by atoms with Crippen molar-refractivity contribution in [3.8, 4) is 0 Å². The fraction of sp³-hybridized carbons (Fsp3) is 0.467. The van der Waals surface area contributed by atoms with Gasteiger partial charge < -0.3 is 9.47 Å². The molecule has 1 aromatic carbocycles. The van der Waals surface area contributed by atoms with E-state index in [-0.39, 0.29) is 42.3 Å². The summed E-state index contributed by atoms with van der Waals surface area (Å²) in [5.41, 5.74) is 0.968. The number of benzene rings is 1. The van der Waals surface area contributed by atoms with Crippen LogP contribution in [0.5, 0.6) is 0 Å². The minimum Gasteiger partial charge on any atom is -0.435 e. The third-order valence-corrected chi connectivity index (χ3v) is 1.83. The molecule has 0 radical (unpaired) electrons. The highest BCUT2D eigenvalue weighted by molar-refractivity contribution is 15.0. The number of ether oxygens (including phenoxy) is 2. The number of rotatable bonds is 4. The summed E-state index contributed by atoms with van der Waals surface area (Å²) in [6.07, 6.45) is 0. The molecule has 0 saturated heterocycles. The van der Waals surface area contributed by atoms with Crippen molar-refractivity contribution in [1.82, 2.24) is 0 Å². The minimum absolute atomic E-state index is 0. The van der Waals surface area contributed by atoms with E-state index in [4.69, 9.17) is 4.74 Å². The van der Waals surface area contributed by atoms with E-state index in [2.05, 4.69) is 42.0 Å². The normalized spacial score (nSPS) is 7.24. The van der Waals surface area contributed by atoms with Gasteiger partial charge in [-0.25, -0.2) is 4.79 Å². The number of carbonyl (C=O) groups is 2. The number of hydrogen-bond donors (Lipinski definition) is 0. The van der Waals surface area contributed by atoms with Crippen LogP contribution in [0.2, 0.25) is 0 Å². The Bertz CT molecular complexity index is 364. The van der Waals surface area contributed by atoms with E-state index in [9.17, 15) is 9.59 Å². The standard InChI is InChI=1S/C11H12O4.4CH4.I2/c1-8(12)9-3-5-10(6-4-9)11(13)15-7-14-2;;;;;1-2/h3-6H,7H2,1-2H3;4*1H4;. The smallest absolute Gasteiger partial charge is 0.340 e. The molecule has 6 heteroatoms. The summed E-state index contributed by atoms with van der Waals surface area (Å²) in [6.45, 7) is 1.39. The first-order valence-electron chi connectivity index (χ1n) is 4.56. The second-order valence-corrected chi connectivity index (χ2v) is 2.97. The SMILES string of the molecule is C.C.C.C.COCOC(=O)c1ccc(C(C)=O)cc1.II. The van der Waals surface area contributed by atoms with Crippen molar-refractivity contribution in [3.05, 3.63) is 35.4 Å². The topological polar surface area (TPSA) is 52.6 Å². The first-order valence-corrected chi connectivity index (χ1v) is 10.8. The Hall–Kier alpha value is -0.220. The monoisotopic (exact) mass is 526 g/mol. The lowest BCUT2D eigenvalue weighted by molar-refractivity contribution is -0.0125. The summed E-state index contributed by atoms with van der Waals surface area (Å²) in [4.78, 5) is 22.3. The molecule has 0 aliphatic rings. The zero-order valence-electron chi connectivity index (χ0n) is 9.41. The van der Waals surface area contributed by atoms with E-state index in [0.29, 0.717) is 11.1 Å². The highest BCUT2D eigenvalue weighted by Crippen LogP contribution is 2.06. The molecule has 0 bridgehead atoms. The molecule has 126 valence electrons. The molecule has 0 saturated carbocycles. The lowest BCUT2D eigenvalue weighted by Crippen LogP contribution is -2.07. The molecule has 4 nitrogen and oxygen atoms in total. The van der Waals surface area contributed by atoms with E-state index in [1.165, 1.54) is 14.0 Å². The van der Waals surface area contributed by atoms with Crippen LogP contribution in [0.3, 0.4) is 0 Å². The number of hydrogen-bond acceptors (Lipinski definition) is 4. The van der Waals surface area contributed by atoms with Crippen molar-refractivity contribution in [2.75, 3.05) is 13.9 Å². The number of halogens is 2. The van der Waals surface area contributed by atoms with Crippen molar-refractivity contribution < 1.29 is 19.1 Å². The summed E-state index contributed by atoms with van der Waals surface area (Å²) in [7, 11) is 1.44. The first kappa shape index (κ1) is 32.7. The molecule has 1 rings (SSSR count). The minimum atomic E-state index is -0.466. The van der Waals surface area contributed by atoms with Gasteiger partial charge in [0.2, 0.25) is 0 Å². The van der Waals surface area contributed by atoms with Crippen molar-refractivity contribution >= 4 is 49.0 Å². The maximum atomic E-state index is 11.3. The van der Waals surface area contributed by atoms with Gasteiger partial charge in [0.1, 0.15) is 0 Å². The van der Waals surface area contributed by atoms with Crippen LogP contribution in [0.4, 0.5) is 0 Å². The van der Waals surface area contributed by atoms with E-state index in [0.717, 1.165) is 0 Å². The summed E-state index contributed by atoms with van der Waals surface area (Å²) in [6, 6.07) is 6.28. The van der Waals surface area contributed by atoms with Crippen LogP contribution in [-0.4, -0.2) is 25.7 Å². The lowest BCUT2D eigenvalue weighted by atomic mass is 10.1. The quantitative estimate of drug-likeness (QED) is 0.210.